The average molecular weight is 222 g/mol. The molecular formula is C13H18O3. The fourth-order valence-corrected chi connectivity index (χ4v) is 2.01. The SMILES string of the molecule is CC(O)CCOc1ccc2c(c1)CC[C@H]2O. The largest absolute Gasteiger partial charge is 0.493 e. The monoisotopic (exact) mass is 222 g/mol. The molecule has 2 rings (SSSR count). The van der Waals surface area contributed by atoms with Gasteiger partial charge in [-0.05, 0) is 43.0 Å². The molecule has 1 unspecified atom stereocenters. The zero-order valence-corrected chi connectivity index (χ0v) is 9.52. The van der Waals surface area contributed by atoms with Gasteiger partial charge in [0.2, 0.25) is 0 Å². The first-order valence-corrected chi connectivity index (χ1v) is 5.78. The summed E-state index contributed by atoms with van der Waals surface area (Å²) in [4.78, 5) is 0. The van der Waals surface area contributed by atoms with Crippen molar-refractivity contribution < 1.29 is 14.9 Å². The zero-order chi connectivity index (χ0) is 11.5. The van der Waals surface area contributed by atoms with E-state index >= 15 is 0 Å². The summed E-state index contributed by atoms with van der Waals surface area (Å²) in [6.45, 7) is 2.28. The number of fused-ring (bicyclic) bond motifs is 1. The van der Waals surface area contributed by atoms with E-state index in [2.05, 4.69) is 0 Å². The molecule has 0 spiro atoms. The first-order chi connectivity index (χ1) is 7.66. The molecule has 1 aromatic rings. The molecule has 0 saturated carbocycles. The summed E-state index contributed by atoms with van der Waals surface area (Å²) in [5.74, 6) is 0.827. The molecule has 1 aliphatic rings. The highest BCUT2D eigenvalue weighted by Crippen LogP contribution is 2.33. The number of hydrogen-bond donors (Lipinski definition) is 2. The van der Waals surface area contributed by atoms with Crippen LogP contribution in [0.2, 0.25) is 0 Å². The van der Waals surface area contributed by atoms with E-state index in [0.29, 0.717) is 13.0 Å². The van der Waals surface area contributed by atoms with Gasteiger partial charge < -0.3 is 14.9 Å². The van der Waals surface area contributed by atoms with Gasteiger partial charge >= 0.3 is 0 Å². The van der Waals surface area contributed by atoms with E-state index in [9.17, 15) is 5.11 Å². The predicted octanol–water partition coefficient (Wildman–Crippen LogP) is 1.82. The van der Waals surface area contributed by atoms with Crippen LogP contribution in [0.25, 0.3) is 0 Å². The number of ether oxygens (including phenoxy) is 1. The molecule has 3 heteroatoms. The Kier molecular flexibility index (Phi) is 3.46. The van der Waals surface area contributed by atoms with Crippen molar-refractivity contribution in [2.24, 2.45) is 0 Å². The Morgan fingerprint density at radius 3 is 3.06 bits per heavy atom. The molecule has 0 aliphatic heterocycles. The van der Waals surface area contributed by atoms with Crippen LogP contribution in [0.1, 0.15) is 37.0 Å². The van der Waals surface area contributed by atoms with E-state index in [1.54, 1.807) is 6.92 Å². The van der Waals surface area contributed by atoms with Crippen LogP contribution in [0.4, 0.5) is 0 Å². The number of aliphatic hydroxyl groups is 2. The molecule has 0 radical (unpaired) electrons. The first-order valence-electron chi connectivity index (χ1n) is 5.78. The summed E-state index contributed by atoms with van der Waals surface area (Å²) in [6.07, 6.45) is 1.74. The first kappa shape index (κ1) is 11.4. The quantitative estimate of drug-likeness (QED) is 0.817. The van der Waals surface area contributed by atoms with Gasteiger partial charge in [0.1, 0.15) is 5.75 Å². The van der Waals surface area contributed by atoms with Crippen LogP contribution < -0.4 is 4.74 Å². The van der Waals surface area contributed by atoms with Gasteiger partial charge in [-0.1, -0.05) is 6.07 Å². The second-order valence-corrected chi connectivity index (χ2v) is 4.40. The van der Waals surface area contributed by atoms with Crippen LogP contribution in [-0.2, 0) is 6.42 Å². The third-order valence-corrected chi connectivity index (χ3v) is 2.96. The molecule has 3 nitrogen and oxygen atoms in total. The van der Waals surface area contributed by atoms with Crippen LogP contribution >= 0.6 is 0 Å². The van der Waals surface area contributed by atoms with Crippen LogP contribution in [0.3, 0.4) is 0 Å². The number of hydrogen-bond acceptors (Lipinski definition) is 3. The van der Waals surface area contributed by atoms with Crippen LogP contribution in [0, 0.1) is 0 Å². The van der Waals surface area contributed by atoms with Crippen LogP contribution in [-0.4, -0.2) is 22.9 Å². The smallest absolute Gasteiger partial charge is 0.119 e. The number of benzene rings is 1. The van der Waals surface area contributed by atoms with Gasteiger partial charge in [-0.2, -0.15) is 0 Å². The van der Waals surface area contributed by atoms with Gasteiger partial charge in [-0.3, -0.25) is 0 Å². The minimum atomic E-state index is -0.323. The Balaban J connectivity index is 1.97. The maximum atomic E-state index is 9.65. The summed E-state index contributed by atoms with van der Waals surface area (Å²) in [5.41, 5.74) is 2.21. The van der Waals surface area contributed by atoms with Crippen molar-refractivity contribution in [3.8, 4) is 5.75 Å². The highest BCUT2D eigenvalue weighted by molar-refractivity contribution is 5.39. The second kappa shape index (κ2) is 4.85. The Morgan fingerprint density at radius 1 is 1.50 bits per heavy atom. The molecule has 0 aromatic heterocycles. The van der Waals surface area contributed by atoms with E-state index in [1.807, 2.05) is 18.2 Å². The third kappa shape index (κ3) is 2.54. The molecule has 0 fully saturated rings. The van der Waals surface area contributed by atoms with Gasteiger partial charge in [0, 0.05) is 6.42 Å². The summed E-state index contributed by atoms with van der Waals surface area (Å²) in [7, 11) is 0. The Hall–Kier alpha value is -1.06. The highest BCUT2D eigenvalue weighted by atomic mass is 16.5. The summed E-state index contributed by atoms with van der Waals surface area (Å²) in [5, 5.41) is 18.8. The summed E-state index contributed by atoms with van der Waals surface area (Å²) >= 11 is 0. The predicted molar refractivity (Wildman–Crippen MR) is 61.5 cm³/mol. The average Bonchev–Trinajstić information content (AvgIpc) is 2.60. The van der Waals surface area contributed by atoms with Crippen molar-refractivity contribution in [2.75, 3.05) is 6.61 Å². The Bertz CT molecular complexity index is 360. The minimum Gasteiger partial charge on any atom is -0.493 e. The maximum absolute atomic E-state index is 9.65. The van der Waals surface area contributed by atoms with E-state index in [0.717, 1.165) is 24.2 Å². The van der Waals surface area contributed by atoms with Crippen molar-refractivity contribution >= 4 is 0 Å². The normalized spacial score (nSPS) is 20.6. The van der Waals surface area contributed by atoms with E-state index < -0.39 is 0 Å². The molecule has 0 bridgehead atoms. The minimum absolute atomic E-state index is 0.304. The van der Waals surface area contributed by atoms with Gasteiger partial charge in [-0.25, -0.2) is 0 Å². The van der Waals surface area contributed by atoms with E-state index in [-0.39, 0.29) is 12.2 Å². The molecule has 2 N–H and O–H groups in total. The lowest BCUT2D eigenvalue weighted by molar-refractivity contribution is 0.155. The molecule has 1 aliphatic carbocycles. The van der Waals surface area contributed by atoms with Crippen molar-refractivity contribution in [1.82, 2.24) is 0 Å². The third-order valence-electron chi connectivity index (χ3n) is 2.96. The van der Waals surface area contributed by atoms with Gasteiger partial charge in [0.15, 0.2) is 0 Å². The van der Waals surface area contributed by atoms with Crippen molar-refractivity contribution in [3.63, 3.8) is 0 Å². The molecule has 0 amide bonds. The Morgan fingerprint density at radius 2 is 2.31 bits per heavy atom. The van der Waals surface area contributed by atoms with Gasteiger partial charge in [0.05, 0.1) is 18.8 Å². The fourth-order valence-electron chi connectivity index (χ4n) is 2.01. The summed E-state index contributed by atoms with van der Waals surface area (Å²) in [6, 6.07) is 5.81. The van der Waals surface area contributed by atoms with E-state index in [4.69, 9.17) is 9.84 Å². The number of rotatable bonds is 4. The van der Waals surface area contributed by atoms with E-state index in [1.165, 1.54) is 5.56 Å². The highest BCUT2D eigenvalue weighted by Gasteiger charge is 2.20. The van der Waals surface area contributed by atoms with Crippen LogP contribution in [0.5, 0.6) is 5.75 Å². The van der Waals surface area contributed by atoms with Crippen molar-refractivity contribution in [1.29, 1.82) is 0 Å². The molecule has 88 valence electrons. The molecule has 0 saturated heterocycles. The Labute approximate surface area is 95.7 Å². The molecule has 1 aromatic carbocycles. The lowest BCUT2D eigenvalue weighted by Crippen LogP contribution is -2.07. The lowest BCUT2D eigenvalue weighted by Gasteiger charge is -2.09. The van der Waals surface area contributed by atoms with Crippen LogP contribution in [0.15, 0.2) is 18.2 Å². The summed E-state index contributed by atoms with van der Waals surface area (Å²) < 4.78 is 5.54. The molecule has 0 heterocycles. The second-order valence-electron chi connectivity index (χ2n) is 4.40. The lowest BCUT2D eigenvalue weighted by atomic mass is 10.1. The molecule has 2 atom stereocenters. The van der Waals surface area contributed by atoms with Crippen molar-refractivity contribution in [3.05, 3.63) is 29.3 Å². The van der Waals surface area contributed by atoms with Gasteiger partial charge in [0.25, 0.3) is 0 Å². The zero-order valence-electron chi connectivity index (χ0n) is 9.52. The molecular weight excluding hydrogens is 204 g/mol. The van der Waals surface area contributed by atoms with Crippen molar-refractivity contribution in [2.45, 2.75) is 38.4 Å². The molecule has 16 heavy (non-hydrogen) atoms. The standard InChI is InChI=1S/C13H18O3/c1-9(14)6-7-16-11-3-4-12-10(8-11)2-5-13(12)15/h3-4,8-9,13-15H,2,5-7H2,1H3/t9?,13-/m1/s1. The number of aryl methyl sites for hydroxylation is 1. The van der Waals surface area contributed by atoms with Gasteiger partial charge in [-0.15, -0.1) is 0 Å². The maximum Gasteiger partial charge on any atom is 0.119 e. The topological polar surface area (TPSA) is 49.7 Å². The fraction of sp³-hybridized carbons (Fsp3) is 0.538. The number of aliphatic hydroxyl groups excluding tert-OH is 2.